The fourth-order valence-electron chi connectivity index (χ4n) is 3.99. The van der Waals surface area contributed by atoms with Crippen molar-refractivity contribution in [1.82, 2.24) is 34.2 Å². The summed E-state index contributed by atoms with van der Waals surface area (Å²) in [4.78, 5) is 33.1. The maximum absolute atomic E-state index is 12.6. The number of benzene rings is 1. The minimum absolute atomic E-state index is 0.0858. The van der Waals surface area contributed by atoms with Crippen LogP contribution < -0.4 is 10.5 Å². The van der Waals surface area contributed by atoms with Crippen molar-refractivity contribution in [2.24, 2.45) is 0 Å². The maximum atomic E-state index is 12.6. The van der Waals surface area contributed by atoms with E-state index in [1.165, 1.54) is 40.0 Å². The zero-order valence-corrected chi connectivity index (χ0v) is 22.3. The molecule has 1 saturated heterocycles. The second-order valence-corrected chi connectivity index (χ2v) is 11.7. The van der Waals surface area contributed by atoms with Crippen LogP contribution in [0.4, 0.5) is 5.82 Å². The molecule has 208 valence electrons. The van der Waals surface area contributed by atoms with Crippen molar-refractivity contribution < 1.29 is 37.5 Å². The van der Waals surface area contributed by atoms with Crippen LogP contribution >= 0.6 is 22.7 Å². The van der Waals surface area contributed by atoms with Gasteiger partial charge in [-0.05, 0) is 18.2 Å². The fraction of sp³-hybridized carbons (Fsp3) is 0.238. The molecule has 5 heterocycles. The first-order valence-corrected chi connectivity index (χ1v) is 14.4. The molecule has 0 radical (unpaired) electrons. The molecule has 6 rings (SSSR count). The van der Waals surface area contributed by atoms with Crippen LogP contribution in [-0.4, -0.2) is 84.1 Å². The van der Waals surface area contributed by atoms with Gasteiger partial charge < -0.3 is 25.8 Å². The van der Waals surface area contributed by atoms with Crippen molar-refractivity contribution in [3.05, 3.63) is 41.9 Å². The number of phenols is 1. The highest BCUT2D eigenvalue weighted by Crippen LogP contribution is 2.34. The molecular formula is C21H18N8O8S3. The van der Waals surface area contributed by atoms with Crippen LogP contribution in [0.3, 0.4) is 0 Å². The summed E-state index contributed by atoms with van der Waals surface area (Å²) in [5.41, 5.74) is 6.71. The fourth-order valence-corrected chi connectivity index (χ4v) is 6.52. The number of nitrogens with two attached hydrogens (primary N) is 1. The molecule has 1 aliphatic rings. The number of imidazole rings is 1. The molecular weight excluding hydrogens is 588 g/mol. The number of carbonyl (C=O) groups excluding carboxylic acids is 1. The summed E-state index contributed by atoms with van der Waals surface area (Å²) in [7, 11) is -4.65. The minimum atomic E-state index is -4.65. The first-order chi connectivity index (χ1) is 19.1. The number of rotatable bonds is 7. The molecule has 0 saturated carbocycles. The van der Waals surface area contributed by atoms with Crippen LogP contribution in [0.2, 0.25) is 0 Å². The number of aromatic hydroxyl groups is 1. The van der Waals surface area contributed by atoms with Gasteiger partial charge in [-0.1, -0.05) is 0 Å². The Morgan fingerprint density at radius 3 is 2.83 bits per heavy atom. The van der Waals surface area contributed by atoms with Crippen molar-refractivity contribution in [2.75, 3.05) is 12.3 Å². The van der Waals surface area contributed by atoms with E-state index in [1.807, 2.05) is 0 Å². The van der Waals surface area contributed by atoms with Gasteiger partial charge in [0.1, 0.15) is 41.6 Å². The quantitative estimate of drug-likeness (QED) is 0.166. The number of thiazole rings is 2. The molecule has 0 aliphatic carbocycles. The number of hydrogen-bond acceptors (Lipinski definition) is 16. The predicted octanol–water partition coefficient (Wildman–Crippen LogP) is 0.158. The first-order valence-electron chi connectivity index (χ1n) is 11.3. The highest BCUT2D eigenvalue weighted by molar-refractivity contribution is 7.85. The minimum Gasteiger partial charge on any atom is -0.508 e. The van der Waals surface area contributed by atoms with Crippen molar-refractivity contribution >= 4 is 66.1 Å². The van der Waals surface area contributed by atoms with Gasteiger partial charge in [0, 0.05) is 5.38 Å². The normalized spacial score (nSPS) is 21.4. The van der Waals surface area contributed by atoms with Crippen LogP contribution in [0, 0.1) is 0 Å². The van der Waals surface area contributed by atoms with Crippen molar-refractivity contribution in [3.8, 4) is 15.8 Å². The van der Waals surface area contributed by atoms with E-state index in [4.69, 9.17) is 14.7 Å². The number of aliphatic hydroxyl groups is 2. The van der Waals surface area contributed by atoms with Gasteiger partial charge in [-0.25, -0.2) is 29.6 Å². The second kappa shape index (κ2) is 9.96. The van der Waals surface area contributed by atoms with Crippen molar-refractivity contribution in [3.63, 3.8) is 0 Å². The Bertz CT molecular complexity index is 1850. The van der Waals surface area contributed by atoms with Crippen LogP contribution in [0.15, 0.2) is 36.2 Å². The third kappa shape index (κ3) is 4.83. The SMILES string of the molecule is Nc1ncnc2c1ncn2C1O[C@H](COS(=O)(=O)NC(=O)c2csc(-c3nc4ccc(O)cc4s3)n2)[C@@H](O)[C@H]1O. The lowest BCUT2D eigenvalue weighted by Crippen LogP contribution is -2.37. The zero-order valence-electron chi connectivity index (χ0n) is 19.8. The Hall–Kier alpha value is -3.85. The van der Waals surface area contributed by atoms with Crippen LogP contribution in [-0.2, 0) is 19.2 Å². The lowest BCUT2D eigenvalue weighted by Gasteiger charge is -2.16. The molecule has 1 unspecified atom stereocenters. The number of carbonyl (C=O) groups is 1. The predicted molar refractivity (Wildman–Crippen MR) is 140 cm³/mol. The monoisotopic (exact) mass is 606 g/mol. The molecule has 5 aromatic rings. The number of ether oxygens (including phenoxy) is 1. The third-order valence-corrected chi connectivity index (χ3v) is 8.78. The Kier molecular flexibility index (Phi) is 6.57. The van der Waals surface area contributed by atoms with E-state index in [-0.39, 0.29) is 28.4 Å². The van der Waals surface area contributed by atoms with Gasteiger partial charge in [-0.2, -0.15) is 8.42 Å². The van der Waals surface area contributed by atoms with Gasteiger partial charge in [0.05, 0.1) is 23.2 Å². The van der Waals surface area contributed by atoms with Gasteiger partial charge >= 0.3 is 10.3 Å². The van der Waals surface area contributed by atoms with Crippen LogP contribution in [0.5, 0.6) is 5.75 Å². The topological polar surface area (TPSA) is 238 Å². The van der Waals surface area contributed by atoms with Gasteiger partial charge in [-0.15, -0.1) is 22.7 Å². The molecule has 4 aromatic heterocycles. The number of amides is 1. The number of phenolic OH excluding ortho intramolecular Hbond substituents is 1. The molecule has 40 heavy (non-hydrogen) atoms. The highest BCUT2D eigenvalue weighted by Gasteiger charge is 2.45. The molecule has 1 aliphatic heterocycles. The van der Waals surface area contributed by atoms with Gasteiger partial charge in [0.25, 0.3) is 5.91 Å². The van der Waals surface area contributed by atoms with Crippen LogP contribution in [0.1, 0.15) is 16.7 Å². The van der Waals surface area contributed by atoms with E-state index in [1.54, 1.807) is 16.9 Å². The van der Waals surface area contributed by atoms with E-state index in [0.29, 0.717) is 15.5 Å². The molecule has 16 nitrogen and oxygen atoms in total. The molecule has 1 fully saturated rings. The summed E-state index contributed by atoms with van der Waals surface area (Å²) >= 11 is 2.33. The number of nitrogens with one attached hydrogen (secondary N) is 1. The van der Waals surface area contributed by atoms with Crippen molar-refractivity contribution in [2.45, 2.75) is 24.5 Å². The molecule has 4 atom stereocenters. The molecule has 19 heteroatoms. The van der Waals surface area contributed by atoms with E-state index >= 15 is 0 Å². The average Bonchev–Trinajstić information content (AvgIpc) is 3.69. The summed E-state index contributed by atoms with van der Waals surface area (Å²) in [5, 5.41) is 32.8. The van der Waals surface area contributed by atoms with E-state index in [0.717, 1.165) is 16.0 Å². The summed E-state index contributed by atoms with van der Waals surface area (Å²) in [6.45, 7) is -0.720. The zero-order chi connectivity index (χ0) is 28.2. The standard InChI is InChI=1S/C21H18N8O8S3/c22-16-13-17(24-6-23-16)29(7-25-13)21-15(32)14(31)11(37-21)4-36-40(34,35)28-18(33)10-5-38-19(27-10)20-26-9-2-1-8(30)3-12(9)39-20/h1-3,5-7,11,14-15,21,30-32H,4H2,(H,28,33)(H2,22,23,24)/t11-,14-,15-,21?/m1/s1. The van der Waals surface area contributed by atoms with E-state index in [2.05, 4.69) is 24.9 Å². The molecule has 0 bridgehead atoms. The highest BCUT2D eigenvalue weighted by atomic mass is 32.2. The average molecular weight is 607 g/mol. The molecule has 1 amide bonds. The Morgan fingerprint density at radius 1 is 1.18 bits per heavy atom. The molecule has 1 aromatic carbocycles. The van der Waals surface area contributed by atoms with Crippen LogP contribution in [0.25, 0.3) is 31.4 Å². The Labute approximate surface area is 232 Å². The summed E-state index contributed by atoms with van der Waals surface area (Å²) in [6, 6.07) is 4.69. The largest absolute Gasteiger partial charge is 0.508 e. The number of aromatic nitrogens is 6. The van der Waals surface area contributed by atoms with Gasteiger partial charge in [-0.3, -0.25) is 13.5 Å². The smallest absolute Gasteiger partial charge is 0.362 e. The number of hydrogen-bond donors (Lipinski definition) is 5. The Balaban J connectivity index is 1.10. The number of aliphatic hydroxyl groups excluding tert-OH is 2. The molecule has 0 spiro atoms. The summed E-state index contributed by atoms with van der Waals surface area (Å²) in [6.07, 6.45) is -3.01. The number of nitrogen functional groups attached to an aromatic ring is 1. The first kappa shape index (κ1) is 26.4. The van der Waals surface area contributed by atoms with Crippen molar-refractivity contribution in [1.29, 1.82) is 0 Å². The van der Waals surface area contributed by atoms with Gasteiger partial charge in [0.15, 0.2) is 27.7 Å². The second-order valence-electron chi connectivity index (χ2n) is 8.51. The van der Waals surface area contributed by atoms with E-state index in [9.17, 15) is 28.5 Å². The van der Waals surface area contributed by atoms with Gasteiger partial charge in [0.2, 0.25) is 0 Å². The van der Waals surface area contributed by atoms with E-state index < -0.39 is 47.4 Å². The maximum Gasteiger partial charge on any atom is 0.362 e. The third-order valence-electron chi connectivity index (χ3n) is 5.90. The number of nitrogens with zero attached hydrogens (tertiary/aromatic N) is 6. The Morgan fingerprint density at radius 2 is 2.00 bits per heavy atom. The lowest BCUT2D eigenvalue weighted by atomic mass is 10.1. The molecule has 6 N–H and O–H groups in total. The summed E-state index contributed by atoms with van der Waals surface area (Å²) in [5.74, 6) is -0.858. The number of anilines is 1. The summed E-state index contributed by atoms with van der Waals surface area (Å²) < 4.78 is 39.2. The lowest BCUT2D eigenvalue weighted by molar-refractivity contribution is -0.0468. The number of fused-ring (bicyclic) bond motifs is 2.